The molecule has 1 heterocycles. The van der Waals surface area contributed by atoms with E-state index >= 15 is 0 Å². The molecule has 4 rings (SSSR count). The van der Waals surface area contributed by atoms with E-state index in [9.17, 15) is 14.7 Å². The largest absolute Gasteiger partial charge is 0.481 e. The van der Waals surface area contributed by atoms with Crippen LogP contribution in [0.4, 0.5) is 0 Å². The van der Waals surface area contributed by atoms with E-state index in [1.807, 2.05) is 12.1 Å². The first-order chi connectivity index (χ1) is 15.6. The van der Waals surface area contributed by atoms with Crippen LogP contribution in [0.2, 0.25) is 10.0 Å². The topological polar surface area (TPSA) is 57.6 Å². The first kappa shape index (κ1) is 23.3. The number of carbonyl (C=O) groups is 2. The van der Waals surface area contributed by atoms with Crippen LogP contribution in [0.5, 0.6) is 0 Å². The van der Waals surface area contributed by atoms with Gasteiger partial charge in [-0.15, -0.1) is 0 Å². The van der Waals surface area contributed by atoms with Crippen LogP contribution in [0.3, 0.4) is 0 Å². The molecule has 0 aromatic heterocycles. The Kier molecular flexibility index (Phi) is 6.26. The maximum atomic E-state index is 13.6. The van der Waals surface area contributed by atoms with E-state index in [0.29, 0.717) is 26.7 Å². The molecule has 4 nitrogen and oxygen atoms in total. The molecule has 0 saturated carbocycles. The lowest BCUT2D eigenvalue weighted by atomic mass is 9.79. The lowest BCUT2D eigenvalue weighted by Gasteiger charge is -2.41. The number of hydrogen-bond donors (Lipinski definition) is 1. The average molecular weight is 482 g/mol. The van der Waals surface area contributed by atoms with Gasteiger partial charge in [0.15, 0.2) is 0 Å². The van der Waals surface area contributed by atoms with Crippen molar-refractivity contribution in [2.75, 3.05) is 0 Å². The smallest absolute Gasteiger partial charge is 0.313 e. The molecule has 2 unspecified atom stereocenters. The number of benzene rings is 3. The maximum Gasteiger partial charge on any atom is 0.313 e. The molecule has 0 radical (unpaired) electrons. The molecule has 0 aliphatic carbocycles. The Hall–Kier alpha value is -2.82. The molecule has 1 N–H and O–H groups in total. The van der Waals surface area contributed by atoms with Crippen molar-refractivity contribution >= 4 is 35.1 Å². The normalized spacial score (nSPS) is 18.2. The summed E-state index contributed by atoms with van der Waals surface area (Å²) in [6, 6.07) is 19.2. The second-order valence-corrected chi connectivity index (χ2v) is 10.2. The molecule has 0 saturated heterocycles. The van der Waals surface area contributed by atoms with Gasteiger partial charge in [-0.05, 0) is 45.9 Å². The molecule has 0 fully saturated rings. The Labute approximate surface area is 203 Å². The van der Waals surface area contributed by atoms with Crippen LogP contribution in [0.15, 0.2) is 66.7 Å². The Balaban J connectivity index is 1.85. The SMILES string of the molecule is CC(C)(C)c1ccc(CN2C(=O)c3ccccc3C(C(=O)O)C2c2ccc(Cl)cc2Cl)cc1. The Morgan fingerprint density at radius 2 is 1.64 bits per heavy atom. The van der Waals surface area contributed by atoms with Crippen LogP contribution in [0, 0.1) is 0 Å². The van der Waals surface area contributed by atoms with Crippen molar-refractivity contribution in [3.8, 4) is 0 Å². The lowest BCUT2D eigenvalue weighted by Crippen LogP contribution is -2.44. The number of amides is 1. The third-order valence-electron chi connectivity index (χ3n) is 6.16. The molecule has 3 aromatic rings. The average Bonchev–Trinajstić information content (AvgIpc) is 2.75. The number of halogens is 2. The highest BCUT2D eigenvalue weighted by molar-refractivity contribution is 6.35. The van der Waals surface area contributed by atoms with Gasteiger partial charge in [-0.1, -0.05) is 92.5 Å². The van der Waals surface area contributed by atoms with Crippen molar-refractivity contribution in [3.63, 3.8) is 0 Å². The third-order valence-corrected chi connectivity index (χ3v) is 6.72. The van der Waals surface area contributed by atoms with E-state index in [1.165, 1.54) is 5.56 Å². The minimum atomic E-state index is -1.01. The van der Waals surface area contributed by atoms with Crippen molar-refractivity contribution in [1.29, 1.82) is 0 Å². The second-order valence-electron chi connectivity index (χ2n) is 9.39. The number of carboxylic acid groups (broad SMARTS) is 1. The summed E-state index contributed by atoms with van der Waals surface area (Å²) in [6.07, 6.45) is 0. The van der Waals surface area contributed by atoms with Crippen LogP contribution in [0.1, 0.15) is 65.3 Å². The van der Waals surface area contributed by atoms with Gasteiger partial charge in [0.1, 0.15) is 5.92 Å². The molecule has 1 amide bonds. The minimum Gasteiger partial charge on any atom is -0.481 e. The highest BCUT2D eigenvalue weighted by Gasteiger charge is 2.45. The van der Waals surface area contributed by atoms with Crippen molar-refractivity contribution in [3.05, 3.63) is 105 Å². The quantitative estimate of drug-likeness (QED) is 0.442. The van der Waals surface area contributed by atoms with Crippen LogP contribution in [0.25, 0.3) is 0 Å². The van der Waals surface area contributed by atoms with Gasteiger partial charge in [-0.3, -0.25) is 9.59 Å². The molecule has 3 aromatic carbocycles. The fourth-order valence-corrected chi connectivity index (χ4v) is 4.95. The van der Waals surface area contributed by atoms with Crippen LogP contribution >= 0.6 is 23.2 Å². The number of carboxylic acids is 1. The Morgan fingerprint density at radius 1 is 0.970 bits per heavy atom. The summed E-state index contributed by atoms with van der Waals surface area (Å²) < 4.78 is 0. The molecule has 0 spiro atoms. The number of carbonyl (C=O) groups excluding carboxylic acids is 1. The monoisotopic (exact) mass is 481 g/mol. The Bertz CT molecular complexity index is 1210. The first-order valence-electron chi connectivity index (χ1n) is 10.7. The zero-order valence-corrected chi connectivity index (χ0v) is 20.2. The fourth-order valence-electron chi connectivity index (χ4n) is 4.43. The van der Waals surface area contributed by atoms with Crippen LogP contribution < -0.4 is 0 Å². The first-order valence-corrected chi connectivity index (χ1v) is 11.5. The van der Waals surface area contributed by atoms with Gasteiger partial charge in [-0.25, -0.2) is 0 Å². The van der Waals surface area contributed by atoms with E-state index in [0.717, 1.165) is 5.56 Å². The number of hydrogen-bond acceptors (Lipinski definition) is 2. The van der Waals surface area contributed by atoms with Crippen molar-refractivity contribution in [1.82, 2.24) is 4.90 Å². The van der Waals surface area contributed by atoms with Crippen LogP contribution in [-0.4, -0.2) is 21.9 Å². The number of rotatable bonds is 4. The van der Waals surface area contributed by atoms with Gasteiger partial charge in [0.05, 0.1) is 6.04 Å². The molecular formula is C27H25Cl2NO3. The zero-order valence-electron chi connectivity index (χ0n) is 18.7. The van der Waals surface area contributed by atoms with Crippen molar-refractivity contribution < 1.29 is 14.7 Å². The summed E-state index contributed by atoms with van der Waals surface area (Å²) in [5, 5.41) is 11.0. The van der Waals surface area contributed by atoms with Gasteiger partial charge >= 0.3 is 5.97 Å². The zero-order chi connectivity index (χ0) is 23.9. The predicted octanol–water partition coefficient (Wildman–Crippen LogP) is 6.86. The van der Waals surface area contributed by atoms with Crippen molar-refractivity contribution in [2.24, 2.45) is 0 Å². The second kappa shape index (κ2) is 8.85. The number of aliphatic carboxylic acids is 1. The molecule has 170 valence electrons. The standard InChI is InChI=1S/C27H25Cl2NO3/c1-27(2,3)17-10-8-16(9-11-17)15-30-24(21-13-12-18(28)14-22(21)29)23(26(32)33)19-6-4-5-7-20(19)25(30)31/h4-14,23-24H,15H2,1-3H3,(H,32,33). The molecule has 1 aliphatic rings. The van der Waals surface area contributed by atoms with Gasteiger partial charge in [-0.2, -0.15) is 0 Å². The van der Waals surface area contributed by atoms with Gasteiger partial charge in [0, 0.05) is 22.2 Å². The van der Waals surface area contributed by atoms with E-state index < -0.39 is 17.9 Å². The van der Waals surface area contributed by atoms with Gasteiger partial charge in [0.2, 0.25) is 0 Å². The number of fused-ring (bicyclic) bond motifs is 1. The maximum absolute atomic E-state index is 13.6. The number of nitrogens with zero attached hydrogens (tertiary/aromatic N) is 1. The third kappa shape index (κ3) is 4.50. The van der Waals surface area contributed by atoms with E-state index in [4.69, 9.17) is 23.2 Å². The van der Waals surface area contributed by atoms with E-state index in [2.05, 4.69) is 32.9 Å². The highest BCUT2D eigenvalue weighted by atomic mass is 35.5. The fraction of sp³-hybridized carbons (Fsp3) is 0.259. The van der Waals surface area contributed by atoms with Crippen LogP contribution in [-0.2, 0) is 16.8 Å². The molecule has 0 bridgehead atoms. The predicted molar refractivity (Wildman–Crippen MR) is 131 cm³/mol. The summed E-state index contributed by atoms with van der Waals surface area (Å²) in [5.41, 5.74) is 3.55. The molecule has 1 aliphatic heterocycles. The molecular weight excluding hydrogens is 457 g/mol. The molecule has 33 heavy (non-hydrogen) atoms. The summed E-state index contributed by atoms with van der Waals surface area (Å²) in [4.78, 5) is 27.8. The van der Waals surface area contributed by atoms with Crippen molar-refractivity contribution in [2.45, 2.75) is 44.7 Å². The Morgan fingerprint density at radius 3 is 2.24 bits per heavy atom. The van der Waals surface area contributed by atoms with Gasteiger partial charge < -0.3 is 10.0 Å². The summed E-state index contributed by atoms with van der Waals surface area (Å²) in [7, 11) is 0. The molecule has 6 heteroatoms. The minimum absolute atomic E-state index is 0.00614. The summed E-state index contributed by atoms with van der Waals surface area (Å²) in [6.45, 7) is 6.68. The molecule has 2 atom stereocenters. The van der Waals surface area contributed by atoms with E-state index in [1.54, 1.807) is 47.4 Å². The summed E-state index contributed by atoms with van der Waals surface area (Å²) >= 11 is 12.6. The van der Waals surface area contributed by atoms with E-state index in [-0.39, 0.29) is 17.9 Å². The summed E-state index contributed by atoms with van der Waals surface area (Å²) in [5.74, 6) is -2.20. The lowest BCUT2D eigenvalue weighted by molar-refractivity contribution is -0.140. The van der Waals surface area contributed by atoms with Gasteiger partial charge in [0.25, 0.3) is 5.91 Å². The highest BCUT2D eigenvalue weighted by Crippen LogP contribution is 2.45.